The first-order valence-corrected chi connectivity index (χ1v) is 5.96. The molecule has 4 N–H and O–H groups in total. The summed E-state index contributed by atoms with van der Waals surface area (Å²) in [7, 11) is 0. The molecule has 0 heterocycles. The zero-order chi connectivity index (χ0) is 15.1. The Morgan fingerprint density at radius 2 is 1.90 bits per heavy atom. The smallest absolute Gasteiger partial charge is 0.326 e. The Labute approximate surface area is 116 Å². The van der Waals surface area contributed by atoms with Gasteiger partial charge < -0.3 is 20.8 Å². The highest BCUT2D eigenvalue weighted by atomic mass is 16.4. The van der Waals surface area contributed by atoms with Crippen molar-refractivity contribution in [3.63, 3.8) is 0 Å². The number of aromatic hydroxyl groups is 1. The van der Waals surface area contributed by atoms with Crippen LogP contribution in [0.25, 0.3) is 0 Å². The molecule has 0 aliphatic carbocycles. The van der Waals surface area contributed by atoms with Gasteiger partial charge in [0.15, 0.2) is 0 Å². The van der Waals surface area contributed by atoms with Crippen molar-refractivity contribution in [3.05, 3.63) is 29.8 Å². The van der Waals surface area contributed by atoms with Crippen LogP contribution < -0.4 is 10.6 Å². The average Bonchev–Trinajstić information content (AvgIpc) is 2.40. The Balaban J connectivity index is 2.66. The first-order chi connectivity index (χ1) is 9.42. The highest BCUT2D eigenvalue weighted by Gasteiger charge is 2.20. The first kappa shape index (κ1) is 15.4. The van der Waals surface area contributed by atoms with Crippen LogP contribution in [-0.4, -0.2) is 34.3 Å². The fourth-order valence-electron chi connectivity index (χ4n) is 1.51. The summed E-state index contributed by atoms with van der Waals surface area (Å²) in [5.41, 5.74) is 0.681. The van der Waals surface area contributed by atoms with Crippen LogP contribution in [0.4, 0.5) is 4.79 Å². The van der Waals surface area contributed by atoms with E-state index < -0.39 is 24.1 Å². The summed E-state index contributed by atoms with van der Waals surface area (Å²) in [5.74, 6) is 1.25. The summed E-state index contributed by atoms with van der Waals surface area (Å²) in [5, 5.41) is 23.0. The molecule has 20 heavy (non-hydrogen) atoms. The van der Waals surface area contributed by atoms with Crippen molar-refractivity contribution in [1.82, 2.24) is 10.6 Å². The van der Waals surface area contributed by atoms with Crippen molar-refractivity contribution in [2.45, 2.75) is 25.4 Å². The number of aliphatic carboxylic acids is 1. The number of terminal acetylenes is 1. The lowest BCUT2D eigenvalue weighted by Gasteiger charge is -2.16. The summed E-state index contributed by atoms with van der Waals surface area (Å²) in [6.45, 7) is 1.61. The van der Waals surface area contributed by atoms with Gasteiger partial charge in [0.05, 0.1) is 6.04 Å². The van der Waals surface area contributed by atoms with E-state index in [2.05, 4.69) is 16.6 Å². The SMILES string of the molecule is C#CC(C)NC(=O)N[C@@H](Cc1ccc(O)cc1)C(=O)O. The van der Waals surface area contributed by atoms with Gasteiger partial charge in [-0.1, -0.05) is 18.1 Å². The van der Waals surface area contributed by atoms with Gasteiger partial charge in [-0.25, -0.2) is 9.59 Å². The summed E-state index contributed by atoms with van der Waals surface area (Å²) in [4.78, 5) is 22.7. The van der Waals surface area contributed by atoms with Crippen molar-refractivity contribution >= 4 is 12.0 Å². The van der Waals surface area contributed by atoms with Crippen molar-refractivity contribution in [3.8, 4) is 18.1 Å². The fraction of sp³-hybridized carbons (Fsp3) is 0.286. The molecular weight excluding hydrogens is 260 g/mol. The number of carbonyl (C=O) groups is 2. The maximum Gasteiger partial charge on any atom is 0.326 e. The molecule has 0 aliphatic rings. The minimum atomic E-state index is -1.15. The number of carbonyl (C=O) groups excluding carboxylic acids is 1. The first-order valence-electron chi connectivity index (χ1n) is 5.96. The molecule has 6 heteroatoms. The van der Waals surface area contributed by atoms with Crippen molar-refractivity contribution in [2.24, 2.45) is 0 Å². The minimum absolute atomic E-state index is 0.0918. The lowest BCUT2D eigenvalue weighted by molar-refractivity contribution is -0.139. The second-order valence-corrected chi connectivity index (χ2v) is 4.27. The third-order valence-corrected chi connectivity index (χ3v) is 2.58. The molecule has 0 bridgehead atoms. The number of carboxylic acids is 1. The maximum absolute atomic E-state index is 11.6. The monoisotopic (exact) mass is 276 g/mol. The Morgan fingerprint density at radius 3 is 2.40 bits per heavy atom. The molecule has 1 aromatic carbocycles. The molecule has 1 aromatic rings. The highest BCUT2D eigenvalue weighted by molar-refractivity contribution is 5.83. The number of hydrogen-bond donors (Lipinski definition) is 4. The van der Waals surface area contributed by atoms with E-state index in [4.69, 9.17) is 16.6 Å². The zero-order valence-electron chi connectivity index (χ0n) is 11.0. The van der Waals surface area contributed by atoms with Crippen LogP contribution in [-0.2, 0) is 11.2 Å². The summed E-state index contributed by atoms with van der Waals surface area (Å²) < 4.78 is 0. The predicted octanol–water partition coefficient (Wildman–Crippen LogP) is 0.709. The van der Waals surface area contributed by atoms with Crippen molar-refractivity contribution in [1.29, 1.82) is 0 Å². The van der Waals surface area contributed by atoms with E-state index >= 15 is 0 Å². The van der Waals surface area contributed by atoms with Gasteiger partial charge in [0.25, 0.3) is 0 Å². The van der Waals surface area contributed by atoms with Crippen LogP contribution in [0.3, 0.4) is 0 Å². The Bertz CT molecular complexity index is 519. The third kappa shape index (κ3) is 4.90. The second kappa shape index (κ2) is 7.04. The van der Waals surface area contributed by atoms with E-state index in [1.807, 2.05) is 0 Å². The minimum Gasteiger partial charge on any atom is -0.508 e. The van der Waals surface area contributed by atoms with Crippen molar-refractivity contribution in [2.75, 3.05) is 0 Å². The van der Waals surface area contributed by atoms with E-state index in [1.54, 1.807) is 19.1 Å². The second-order valence-electron chi connectivity index (χ2n) is 4.27. The Kier molecular flexibility index (Phi) is 5.42. The Morgan fingerprint density at radius 1 is 1.30 bits per heavy atom. The van der Waals surface area contributed by atoms with Crippen LogP contribution in [0.1, 0.15) is 12.5 Å². The lowest BCUT2D eigenvalue weighted by atomic mass is 10.1. The van der Waals surface area contributed by atoms with E-state index in [0.29, 0.717) is 5.56 Å². The lowest BCUT2D eigenvalue weighted by Crippen LogP contribution is -2.49. The van der Waals surface area contributed by atoms with Gasteiger partial charge in [0, 0.05) is 6.42 Å². The van der Waals surface area contributed by atoms with Gasteiger partial charge in [-0.3, -0.25) is 0 Å². The van der Waals surface area contributed by atoms with Crippen molar-refractivity contribution < 1.29 is 19.8 Å². The number of hydrogen-bond acceptors (Lipinski definition) is 3. The van der Waals surface area contributed by atoms with Gasteiger partial charge in [0.1, 0.15) is 11.8 Å². The third-order valence-electron chi connectivity index (χ3n) is 2.58. The highest BCUT2D eigenvalue weighted by Crippen LogP contribution is 2.11. The maximum atomic E-state index is 11.6. The molecule has 0 spiro atoms. The van der Waals surface area contributed by atoms with Gasteiger partial charge >= 0.3 is 12.0 Å². The molecule has 0 aliphatic heterocycles. The Hall–Kier alpha value is -2.68. The van der Waals surface area contributed by atoms with Gasteiger partial charge in [-0.2, -0.15) is 0 Å². The zero-order valence-corrected chi connectivity index (χ0v) is 11.0. The molecule has 0 saturated heterocycles. The number of carboxylic acid groups (broad SMARTS) is 1. The largest absolute Gasteiger partial charge is 0.508 e. The topological polar surface area (TPSA) is 98.7 Å². The van der Waals surface area contributed by atoms with Crippen LogP contribution in [0, 0.1) is 12.3 Å². The average molecular weight is 276 g/mol. The van der Waals surface area contributed by atoms with Gasteiger partial charge in [-0.15, -0.1) is 6.42 Å². The number of phenolic OH excluding ortho intramolecular Hbond substituents is 1. The molecule has 0 fully saturated rings. The molecule has 0 aromatic heterocycles. The summed E-state index contributed by atoms with van der Waals surface area (Å²) >= 11 is 0. The summed E-state index contributed by atoms with van der Waals surface area (Å²) in [6.07, 6.45) is 5.22. The molecule has 1 rings (SSSR count). The van der Waals surface area contributed by atoms with E-state index in [1.165, 1.54) is 12.1 Å². The number of nitrogens with one attached hydrogen (secondary N) is 2. The number of rotatable bonds is 5. The van der Waals surface area contributed by atoms with Crippen LogP contribution in [0.2, 0.25) is 0 Å². The molecule has 2 amide bonds. The molecule has 0 saturated carbocycles. The van der Waals surface area contributed by atoms with Gasteiger partial charge in [-0.05, 0) is 24.6 Å². The molecule has 2 atom stereocenters. The van der Waals surface area contributed by atoms with Crippen LogP contribution in [0.5, 0.6) is 5.75 Å². The molecular formula is C14H16N2O4. The number of urea groups is 1. The number of phenols is 1. The van der Waals surface area contributed by atoms with E-state index in [-0.39, 0.29) is 12.2 Å². The van der Waals surface area contributed by atoms with Gasteiger partial charge in [0.2, 0.25) is 0 Å². The molecule has 0 radical (unpaired) electrons. The standard InChI is InChI=1S/C14H16N2O4/c1-3-9(2)15-14(20)16-12(13(18)19)8-10-4-6-11(17)7-5-10/h1,4-7,9,12,17H,8H2,2H3,(H,18,19)(H2,15,16,20)/t9?,12-/m0/s1. The van der Waals surface area contributed by atoms with Crippen LogP contribution >= 0.6 is 0 Å². The molecule has 106 valence electrons. The van der Waals surface area contributed by atoms with E-state index in [0.717, 1.165) is 0 Å². The fourth-order valence-corrected chi connectivity index (χ4v) is 1.51. The summed E-state index contributed by atoms with van der Waals surface area (Å²) in [6, 6.07) is 3.89. The normalized spacial score (nSPS) is 12.8. The number of benzene rings is 1. The van der Waals surface area contributed by atoms with Crippen LogP contribution in [0.15, 0.2) is 24.3 Å². The predicted molar refractivity (Wildman–Crippen MR) is 73.2 cm³/mol. The molecule has 6 nitrogen and oxygen atoms in total. The molecule has 1 unspecified atom stereocenters. The number of amides is 2. The quantitative estimate of drug-likeness (QED) is 0.595. The van der Waals surface area contributed by atoms with E-state index in [9.17, 15) is 9.59 Å².